The molecule has 48 heavy (non-hydrogen) atoms. The minimum absolute atomic E-state index is 0. The minimum Gasteiger partial charge on any atom is -0.505 e. The Hall–Kier alpha value is -3.02. The first-order valence-corrected chi connectivity index (χ1v) is 16.6. The van der Waals surface area contributed by atoms with E-state index in [-0.39, 0.29) is 69.7 Å². The van der Waals surface area contributed by atoms with Gasteiger partial charge in [-0.25, -0.2) is 0 Å². The van der Waals surface area contributed by atoms with E-state index in [1.54, 1.807) is 64.1 Å². The van der Waals surface area contributed by atoms with Crippen LogP contribution in [0.2, 0.25) is 0 Å². The van der Waals surface area contributed by atoms with Gasteiger partial charge in [0, 0.05) is 75.9 Å². The third kappa shape index (κ3) is 8.95. The molecule has 238 valence electrons. The fraction of sp³-hybridized carbons (Fsp3) is 0.125. The maximum Gasteiger partial charge on any atom is 0.296 e. The number of anilines is 2. The fourth-order valence-electron chi connectivity index (χ4n) is 4.87. The largest absolute Gasteiger partial charge is 0.505 e. The molecule has 0 fully saturated rings. The zero-order chi connectivity index (χ0) is 33.4. The molecule has 0 aliphatic heterocycles. The maximum atomic E-state index is 12.4. The number of aromatic hydroxyl groups is 1. The van der Waals surface area contributed by atoms with E-state index in [2.05, 4.69) is 25.8 Å². The molecule has 0 heterocycles. The summed E-state index contributed by atoms with van der Waals surface area (Å²) in [5.74, 6) is -0.483. The van der Waals surface area contributed by atoms with E-state index in [1.807, 2.05) is 30.3 Å². The van der Waals surface area contributed by atoms with Gasteiger partial charge in [0.15, 0.2) is 5.75 Å². The van der Waals surface area contributed by atoms with Crippen molar-refractivity contribution in [2.75, 3.05) is 5.32 Å². The Morgan fingerprint density at radius 2 is 1.12 bits per heavy atom. The van der Waals surface area contributed by atoms with Crippen LogP contribution in [0.3, 0.4) is 0 Å². The van der Waals surface area contributed by atoms with E-state index >= 15 is 0 Å². The number of hydrogen-bond acceptors (Lipinski definition) is 10. The predicted molar refractivity (Wildman–Crippen MR) is 187 cm³/mol. The van der Waals surface area contributed by atoms with Gasteiger partial charge in [-0.3, -0.25) is 9.11 Å². The van der Waals surface area contributed by atoms with Crippen LogP contribution in [0.4, 0.5) is 34.1 Å². The second-order valence-electron chi connectivity index (χ2n) is 10.7. The average Bonchev–Trinajstić information content (AvgIpc) is 2.97. The first-order chi connectivity index (χ1) is 21.6. The van der Waals surface area contributed by atoms with Gasteiger partial charge >= 0.3 is 0 Å². The van der Waals surface area contributed by atoms with Crippen molar-refractivity contribution >= 4 is 124 Å². The van der Waals surface area contributed by atoms with Crippen molar-refractivity contribution in [2.24, 2.45) is 20.5 Å². The Morgan fingerprint density at radius 1 is 0.583 bits per heavy atom. The standard InChI is InChI=1S/C32H29N5O7S2.2Na/c1-18-12-21(4)30(28(13-18)45(39,40)41)36-34-26-14-20(3)27(15-19(26)2)35-37-31-29(46(42,43)44)17-22-16-24(10-11-25(22)32(31)38)33-23-8-6-5-7-9-23;;/h5-17,33,38H,1-4H3,(H,39,40,41)(H,42,43,44);;. The molecule has 0 saturated carbocycles. The third-order valence-electron chi connectivity index (χ3n) is 7.11. The van der Waals surface area contributed by atoms with Gasteiger partial charge in [-0.15, -0.1) is 10.2 Å². The van der Waals surface area contributed by atoms with E-state index in [0.717, 1.165) is 5.69 Å². The van der Waals surface area contributed by atoms with Crippen molar-refractivity contribution in [2.45, 2.75) is 37.5 Å². The Morgan fingerprint density at radius 3 is 1.69 bits per heavy atom. The molecule has 16 heteroatoms. The van der Waals surface area contributed by atoms with Gasteiger partial charge in [0.25, 0.3) is 20.2 Å². The molecule has 0 saturated heterocycles. The molecule has 5 rings (SSSR count). The van der Waals surface area contributed by atoms with Crippen LogP contribution in [0, 0.1) is 27.7 Å². The average molecular weight is 706 g/mol. The zero-order valence-electron chi connectivity index (χ0n) is 27.1. The SMILES string of the molecule is Cc1cc(C)c(N=Nc2cc(C)c(N=Nc3c(S(=O)(=O)O)cc4cc(Nc5ccccc5)ccc4c3O)cc2C)c(S(=O)(=O)O)c1.[Na].[Na]. The first kappa shape index (κ1) is 39.4. The third-order valence-corrected chi connectivity index (χ3v) is 8.84. The Bertz CT molecular complexity index is 2300. The van der Waals surface area contributed by atoms with Crippen molar-refractivity contribution in [1.29, 1.82) is 0 Å². The number of nitrogens with zero attached hydrogens (tertiary/aromatic N) is 4. The van der Waals surface area contributed by atoms with Crippen LogP contribution in [0.25, 0.3) is 10.8 Å². The molecule has 2 radical (unpaired) electrons. The molecule has 0 unspecified atom stereocenters. The Kier molecular flexibility index (Phi) is 12.9. The van der Waals surface area contributed by atoms with Crippen LogP contribution in [-0.4, -0.2) is 90.2 Å². The van der Waals surface area contributed by atoms with Crippen LogP contribution in [-0.2, 0) is 20.2 Å². The van der Waals surface area contributed by atoms with Crippen molar-refractivity contribution < 1.29 is 31.0 Å². The van der Waals surface area contributed by atoms with E-state index in [0.29, 0.717) is 50.1 Å². The van der Waals surface area contributed by atoms with E-state index < -0.39 is 36.6 Å². The number of para-hydroxylation sites is 1. The van der Waals surface area contributed by atoms with Crippen molar-refractivity contribution in [3.05, 3.63) is 101 Å². The smallest absolute Gasteiger partial charge is 0.296 e. The van der Waals surface area contributed by atoms with Gasteiger partial charge in [0.2, 0.25) is 0 Å². The minimum atomic E-state index is -4.82. The molecular weight excluding hydrogens is 676 g/mol. The summed E-state index contributed by atoms with van der Waals surface area (Å²) in [5.41, 5.74) is 3.93. The number of aryl methyl sites for hydroxylation is 4. The quantitative estimate of drug-likeness (QED) is 0.0707. The van der Waals surface area contributed by atoms with Crippen LogP contribution in [0.1, 0.15) is 22.3 Å². The summed E-state index contributed by atoms with van der Waals surface area (Å²) in [6, 6.07) is 21.7. The summed E-state index contributed by atoms with van der Waals surface area (Å²) in [5, 5.41) is 31.4. The number of phenols is 1. The normalized spacial score (nSPS) is 11.9. The molecule has 0 aliphatic carbocycles. The topological polar surface area (TPSA) is 190 Å². The zero-order valence-corrected chi connectivity index (χ0v) is 32.7. The predicted octanol–water partition coefficient (Wildman–Crippen LogP) is 8.09. The van der Waals surface area contributed by atoms with Crippen LogP contribution < -0.4 is 5.32 Å². The first-order valence-electron chi connectivity index (χ1n) is 13.7. The van der Waals surface area contributed by atoms with Crippen LogP contribution in [0.15, 0.2) is 109 Å². The number of phenolic OH excluding ortho intramolecular Hbond substituents is 1. The van der Waals surface area contributed by atoms with E-state index in [4.69, 9.17) is 0 Å². The summed E-state index contributed by atoms with van der Waals surface area (Å²) >= 11 is 0. The molecule has 0 aliphatic rings. The van der Waals surface area contributed by atoms with Crippen molar-refractivity contribution in [1.82, 2.24) is 0 Å². The van der Waals surface area contributed by atoms with Crippen LogP contribution >= 0.6 is 0 Å². The van der Waals surface area contributed by atoms with Gasteiger partial charge < -0.3 is 10.4 Å². The number of benzene rings is 5. The molecule has 0 amide bonds. The summed E-state index contributed by atoms with van der Waals surface area (Å²) in [6.07, 6.45) is 0. The maximum absolute atomic E-state index is 12.4. The second kappa shape index (κ2) is 15.7. The summed E-state index contributed by atoms with van der Waals surface area (Å²) in [6.45, 7) is 6.75. The molecule has 0 spiro atoms. The van der Waals surface area contributed by atoms with Crippen molar-refractivity contribution in [3.8, 4) is 5.75 Å². The Balaban J connectivity index is 0.00000312. The molecular formula is C32H29N5Na2O7S2. The molecule has 0 atom stereocenters. The van der Waals surface area contributed by atoms with Gasteiger partial charge in [-0.1, -0.05) is 24.3 Å². The van der Waals surface area contributed by atoms with Gasteiger partial charge in [0.1, 0.15) is 21.2 Å². The molecule has 12 nitrogen and oxygen atoms in total. The summed E-state index contributed by atoms with van der Waals surface area (Å²) in [7, 11) is -9.38. The van der Waals surface area contributed by atoms with Gasteiger partial charge in [0.05, 0.1) is 11.4 Å². The van der Waals surface area contributed by atoms with Gasteiger partial charge in [-0.05, 0) is 110 Å². The monoisotopic (exact) mass is 705 g/mol. The number of nitrogens with one attached hydrogen (secondary N) is 1. The van der Waals surface area contributed by atoms with E-state index in [9.17, 15) is 31.0 Å². The second-order valence-corrected chi connectivity index (χ2v) is 13.5. The number of fused-ring (bicyclic) bond motifs is 1. The molecule has 5 aromatic rings. The Labute approximate surface area is 322 Å². The number of hydrogen-bond donors (Lipinski definition) is 4. The molecule has 5 aromatic carbocycles. The van der Waals surface area contributed by atoms with E-state index in [1.165, 1.54) is 12.1 Å². The number of azo groups is 2. The molecule has 0 aromatic heterocycles. The molecule has 4 N–H and O–H groups in total. The summed E-state index contributed by atoms with van der Waals surface area (Å²) < 4.78 is 68.3. The van der Waals surface area contributed by atoms with Crippen LogP contribution in [0.5, 0.6) is 5.75 Å². The number of rotatable bonds is 8. The van der Waals surface area contributed by atoms with Gasteiger partial charge in [-0.2, -0.15) is 27.1 Å². The molecule has 0 bridgehead atoms. The van der Waals surface area contributed by atoms with Crippen molar-refractivity contribution in [3.63, 3.8) is 0 Å². The summed E-state index contributed by atoms with van der Waals surface area (Å²) in [4.78, 5) is -0.983. The fourth-order valence-corrected chi connectivity index (χ4v) is 6.30.